The first kappa shape index (κ1) is 13.5. The van der Waals surface area contributed by atoms with Gasteiger partial charge in [-0.05, 0) is 63.0 Å². The number of rotatable bonds is 2. The lowest BCUT2D eigenvalue weighted by atomic mass is 9.99. The van der Waals surface area contributed by atoms with Gasteiger partial charge in [-0.2, -0.15) is 0 Å². The van der Waals surface area contributed by atoms with Crippen LogP contribution in [0, 0.1) is 12.3 Å². The molecule has 3 rings (SSSR count). The molecule has 2 heterocycles. The van der Waals surface area contributed by atoms with Gasteiger partial charge in [0, 0.05) is 30.4 Å². The molecule has 20 heavy (non-hydrogen) atoms. The van der Waals surface area contributed by atoms with Gasteiger partial charge >= 0.3 is 0 Å². The number of hydrogen-bond donors (Lipinski definition) is 0. The lowest BCUT2D eigenvalue weighted by molar-refractivity contribution is 0.141. The Morgan fingerprint density at radius 3 is 2.15 bits per heavy atom. The van der Waals surface area contributed by atoms with Crippen LogP contribution in [0.2, 0.25) is 0 Å². The number of nitrogens with zero attached hydrogens (tertiary/aromatic N) is 2. The van der Waals surface area contributed by atoms with E-state index >= 15 is 0 Å². The largest absolute Gasteiger partial charge is 0.371 e. The van der Waals surface area contributed by atoms with Crippen LogP contribution in [0.1, 0.15) is 37.7 Å². The van der Waals surface area contributed by atoms with Crippen molar-refractivity contribution >= 4 is 5.69 Å². The van der Waals surface area contributed by atoms with E-state index in [1.54, 1.807) is 0 Å². The van der Waals surface area contributed by atoms with Crippen molar-refractivity contribution in [3.63, 3.8) is 0 Å². The van der Waals surface area contributed by atoms with Gasteiger partial charge in [-0.1, -0.05) is 12.3 Å². The fraction of sp³-hybridized carbons (Fsp3) is 0.556. The maximum Gasteiger partial charge on any atom is 0.0367 e. The van der Waals surface area contributed by atoms with Crippen LogP contribution in [0.4, 0.5) is 5.69 Å². The number of likely N-dealkylation sites (tertiary alicyclic amines) is 1. The predicted molar refractivity (Wildman–Crippen MR) is 85.0 cm³/mol. The van der Waals surface area contributed by atoms with Crippen molar-refractivity contribution < 1.29 is 0 Å². The Kier molecular flexibility index (Phi) is 4.28. The van der Waals surface area contributed by atoms with Crippen molar-refractivity contribution in [2.45, 2.75) is 38.1 Å². The molecule has 2 saturated heterocycles. The monoisotopic (exact) mass is 268 g/mol. The van der Waals surface area contributed by atoms with Gasteiger partial charge < -0.3 is 9.80 Å². The van der Waals surface area contributed by atoms with E-state index in [9.17, 15) is 0 Å². The highest BCUT2D eigenvalue weighted by atomic mass is 15.2. The molecule has 0 bridgehead atoms. The summed E-state index contributed by atoms with van der Waals surface area (Å²) in [5.41, 5.74) is 2.29. The van der Waals surface area contributed by atoms with Crippen molar-refractivity contribution in [3.8, 4) is 12.3 Å². The van der Waals surface area contributed by atoms with Crippen molar-refractivity contribution in [3.05, 3.63) is 29.8 Å². The van der Waals surface area contributed by atoms with E-state index in [0.717, 1.165) is 11.6 Å². The molecule has 2 aliphatic heterocycles. The summed E-state index contributed by atoms with van der Waals surface area (Å²) in [5, 5.41) is 0. The van der Waals surface area contributed by atoms with E-state index in [1.807, 2.05) is 12.1 Å². The smallest absolute Gasteiger partial charge is 0.0367 e. The van der Waals surface area contributed by atoms with Crippen LogP contribution in [0.25, 0.3) is 0 Å². The van der Waals surface area contributed by atoms with Crippen LogP contribution in [-0.2, 0) is 0 Å². The molecule has 106 valence electrons. The molecule has 0 atom stereocenters. The minimum Gasteiger partial charge on any atom is -0.371 e. The molecule has 1 aromatic carbocycles. The molecule has 2 fully saturated rings. The summed E-state index contributed by atoms with van der Waals surface area (Å²) in [6, 6.07) is 9.24. The van der Waals surface area contributed by atoms with E-state index in [0.29, 0.717) is 0 Å². The second-order valence-corrected chi connectivity index (χ2v) is 6.01. The summed E-state index contributed by atoms with van der Waals surface area (Å²) in [4.78, 5) is 5.23. The molecule has 2 aliphatic rings. The zero-order valence-electron chi connectivity index (χ0n) is 12.2. The Balaban J connectivity index is 1.56. The molecule has 0 aromatic heterocycles. The van der Waals surface area contributed by atoms with Crippen molar-refractivity contribution in [1.29, 1.82) is 0 Å². The third-order valence-corrected chi connectivity index (χ3v) is 4.77. The van der Waals surface area contributed by atoms with Gasteiger partial charge in [0.1, 0.15) is 0 Å². The second-order valence-electron chi connectivity index (χ2n) is 6.01. The molecule has 2 nitrogen and oxygen atoms in total. The Morgan fingerprint density at radius 2 is 1.55 bits per heavy atom. The Bertz CT molecular complexity index is 457. The summed E-state index contributed by atoms with van der Waals surface area (Å²) >= 11 is 0. The normalized spacial score (nSPS) is 21.6. The summed E-state index contributed by atoms with van der Waals surface area (Å²) in [7, 11) is 0. The molecule has 0 saturated carbocycles. The molecule has 1 aromatic rings. The zero-order chi connectivity index (χ0) is 13.8. The lowest BCUT2D eigenvalue weighted by Crippen LogP contribution is -2.46. The van der Waals surface area contributed by atoms with Crippen LogP contribution >= 0.6 is 0 Å². The third kappa shape index (κ3) is 2.99. The SMILES string of the molecule is C#Cc1ccc(N2CCC(N3CCCCC3)CC2)cc1. The Labute approximate surface area is 122 Å². The first-order valence-electron chi connectivity index (χ1n) is 7.92. The average Bonchev–Trinajstić information content (AvgIpc) is 2.56. The first-order chi connectivity index (χ1) is 9.86. The molecular weight excluding hydrogens is 244 g/mol. The quantitative estimate of drug-likeness (QED) is 0.760. The molecule has 0 unspecified atom stereocenters. The molecule has 2 heteroatoms. The van der Waals surface area contributed by atoms with E-state index in [4.69, 9.17) is 6.42 Å². The highest BCUT2D eigenvalue weighted by Crippen LogP contribution is 2.24. The highest BCUT2D eigenvalue weighted by Gasteiger charge is 2.25. The van der Waals surface area contributed by atoms with Crippen molar-refractivity contribution in [1.82, 2.24) is 4.90 Å². The standard InChI is InChI=1S/C18H24N2/c1-2-16-6-8-17(9-7-16)20-14-10-18(11-15-20)19-12-4-3-5-13-19/h1,6-9,18H,3-5,10-15H2. The van der Waals surface area contributed by atoms with Gasteiger partial charge in [0.15, 0.2) is 0 Å². The minimum absolute atomic E-state index is 0.816. The van der Waals surface area contributed by atoms with E-state index in [-0.39, 0.29) is 0 Å². The summed E-state index contributed by atoms with van der Waals surface area (Å²) in [6.45, 7) is 5.00. The van der Waals surface area contributed by atoms with Gasteiger partial charge in [0.2, 0.25) is 0 Å². The minimum atomic E-state index is 0.816. The fourth-order valence-corrected chi connectivity index (χ4v) is 3.54. The van der Waals surface area contributed by atoms with E-state index in [2.05, 4.69) is 27.9 Å². The van der Waals surface area contributed by atoms with Gasteiger partial charge in [0.05, 0.1) is 0 Å². The number of anilines is 1. The number of terminal acetylenes is 1. The molecule has 0 N–H and O–H groups in total. The molecule has 0 radical (unpaired) electrons. The maximum absolute atomic E-state index is 5.41. The summed E-state index contributed by atoms with van der Waals surface area (Å²) in [5.74, 6) is 2.68. The molecule has 0 spiro atoms. The third-order valence-electron chi connectivity index (χ3n) is 4.77. The number of benzene rings is 1. The van der Waals surface area contributed by atoms with Crippen molar-refractivity contribution in [2.24, 2.45) is 0 Å². The molecular formula is C18H24N2. The Morgan fingerprint density at radius 1 is 0.900 bits per heavy atom. The van der Waals surface area contributed by atoms with Gasteiger partial charge in [-0.15, -0.1) is 6.42 Å². The highest BCUT2D eigenvalue weighted by molar-refractivity contribution is 5.50. The van der Waals surface area contributed by atoms with E-state index in [1.165, 1.54) is 64.0 Å². The van der Waals surface area contributed by atoms with Crippen LogP contribution in [0.3, 0.4) is 0 Å². The van der Waals surface area contributed by atoms with Crippen LogP contribution in [-0.4, -0.2) is 37.1 Å². The molecule has 0 aliphatic carbocycles. The van der Waals surface area contributed by atoms with Crippen LogP contribution < -0.4 is 4.90 Å². The van der Waals surface area contributed by atoms with Gasteiger partial charge in [-0.3, -0.25) is 0 Å². The zero-order valence-corrected chi connectivity index (χ0v) is 12.2. The fourth-order valence-electron chi connectivity index (χ4n) is 3.54. The summed E-state index contributed by atoms with van der Waals surface area (Å²) in [6.07, 6.45) is 12.2. The van der Waals surface area contributed by atoms with Crippen LogP contribution in [0.15, 0.2) is 24.3 Å². The van der Waals surface area contributed by atoms with Gasteiger partial charge in [0.25, 0.3) is 0 Å². The van der Waals surface area contributed by atoms with E-state index < -0.39 is 0 Å². The topological polar surface area (TPSA) is 6.48 Å². The first-order valence-corrected chi connectivity index (χ1v) is 7.92. The molecule has 0 amide bonds. The second kappa shape index (κ2) is 6.33. The summed E-state index contributed by atoms with van der Waals surface area (Å²) < 4.78 is 0. The average molecular weight is 268 g/mol. The number of hydrogen-bond acceptors (Lipinski definition) is 2. The predicted octanol–water partition coefficient (Wildman–Crippen LogP) is 3.12. The Hall–Kier alpha value is -1.46. The number of piperidine rings is 2. The van der Waals surface area contributed by atoms with Crippen LogP contribution in [0.5, 0.6) is 0 Å². The maximum atomic E-state index is 5.41. The van der Waals surface area contributed by atoms with Gasteiger partial charge in [-0.25, -0.2) is 0 Å². The lowest BCUT2D eigenvalue weighted by Gasteiger charge is -2.41. The van der Waals surface area contributed by atoms with Crippen molar-refractivity contribution in [2.75, 3.05) is 31.1 Å².